The number of carbonyl (C=O) groups is 2. The first-order valence-electron chi connectivity index (χ1n) is 15.1. The first-order chi connectivity index (χ1) is 21.0. The molecule has 0 amide bonds. The van der Waals surface area contributed by atoms with Crippen LogP contribution in [0.15, 0.2) is 72.0 Å². The summed E-state index contributed by atoms with van der Waals surface area (Å²) in [6.07, 6.45) is -2.25. The van der Waals surface area contributed by atoms with Crippen LogP contribution in [-0.2, 0) is 46.5 Å². The molecule has 0 radical (unpaired) electrons. The molecule has 8 unspecified atom stereocenters. The molecule has 10 heteroatoms. The maximum absolute atomic E-state index is 13.7. The number of hydrogen-bond acceptors (Lipinski definition) is 10. The second-order valence-electron chi connectivity index (χ2n) is 12.8. The van der Waals surface area contributed by atoms with E-state index in [0.717, 1.165) is 11.1 Å². The van der Waals surface area contributed by atoms with Gasteiger partial charge in [-0.15, -0.1) is 0 Å². The summed E-state index contributed by atoms with van der Waals surface area (Å²) >= 11 is 0. The van der Waals surface area contributed by atoms with Crippen LogP contribution in [0.5, 0.6) is 0 Å². The molecule has 0 aromatic heterocycles. The van der Waals surface area contributed by atoms with Crippen molar-refractivity contribution in [1.29, 1.82) is 0 Å². The molecule has 6 rings (SSSR count). The van der Waals surface area contributed by atoms with E-state index < -0.39 is 64.3 Å². The summed E-state index contributed by atoms with van der Waals surface area (Å²) in [7, 11) is 0. The lowest BCUT2D eigenvalue weighted by atomic mass is 9.37. The zero-order valence-electron chi connectivity index (χ0n) is 25.2. The third kappa shape index (κ3) is 4.23. The van der Waals surface area contributed by atoms with E-state index in [1.807, 2.05) is 67.6 Å². The molecule has 1 heterocycles. The molecule has 0 spiro atoms. The number of carbonyl (C=O) groups excluding carboxylic acids is 2. The number of aliphatic hydroxyl groups excluding tert-OH is 2. The summed E-state index contributed by atoms with van der Waals surface area (Å²) in [4.78, 5) is 27.3. The highest BCUT2D eigenvalue weighted by molar-refractivity contribution is 6.04. The maximum atomic E-state index is 13.7. The van der Waals surface area contributed by atoms with Crippen LogP contribution in [0.2, 0.25) is 0 Å². The molecule has 8 atom stereocenters. The Bertz CT molecular complexity index is 1430. The van der Waals surface area contributed by atoms with Gasteiger partial charge in [-0.1, -0.05) is 74.5 Å². The summed E-state index contributed by atoms with van der Waals surface area (Å²) in [5, 5.41) is 35.2. The Morgan fingerprint density at radius 2 is 1.55 bits per heavy atom. The number of rotatable bonds is 10. The number of ether oxygens (including phenoxy) is 5. The van der Waals surface area contributed by atoms with E-state index in [1.54, 1.807) is 6.92 Å². The summed E-state index contributed by atoms with van der Waals surface area (Å²) in [6, 6.07) is 19.1. The lowest BCUT2D eigenvalue weighted by Gasteiger charge is -2.74. The second kappa shape index (κ2) is 11.3. The number of Topliss-reactive ketones (excluding diaryl/α,β-unsaturated/α-hetero) is 1. The molecule has 1 aliphatic heterocycles. The maximum Gasteiger partial charge on any atom is 0.307 e. The van der Waals surface area contributed by atoms with Gasteiger partial charge in [0.25, 0.3) is 0 Å². The Morgan fingerprint density at radius 3 is 2.16 bits per heavy atom. The van der Waals surface area contributed by atoms with Crippen molar-refractivity contribution in [2.75, 3.05) is 13.6 Å². The normalized spacial score (nSPS) is 37.8. The van der Waals surface area contributed by atoms with Crippen molar-refractivity contribution in [3.8, 4) is 0 Å². The van der Waals surface area contributed by atoms with Crippen molar-refractivity contribution in [2.45, 2.75) is 82.3 Å². The molecule has 2 aromatic rings. The smallest absolute Gasteiger partial charge is 0.307 e. The minimum atomic E-state index is -2.54. The van der Waals surface area contributed by atoms with Crippen LogP contribution in [-0.4, -0.2) is 69.7 Å². The molecule has 4 aliphatic rings. The largest absolute Gasteiger partial charge is 0.504 e. The lowest BCUT2D eigenvalue weighted by Crippen LogP contribution is -2.91. The van der Waals surface area contributed by atoms with Crippen LogP contribution >= 0.6 is 0 Å². The van der Waals surface area contributed by atoms with Gasteiger partial charge in [0.05, 0.1) is 31.0 Å². The molecule has 10 nitrogen and oxygen atoms in total. The molecular weight excluding hydrogens is 568 g/mol. The van der Waals surface area contributed by atoms with E-state index in [2.05, 4.69) is 0 Å². The van der Waals surface area contributed by atoms with Crippen molar-refractivity contribution in [3.63, 3.8) is 0 Å². The highest BCUT2D eigenvalue weighted by Gasteiger charge is 2.88. The van der Waals surface area contributed by atoms with Crippen LogP contribution in [0, 0.1) is 17.3 Å². The van der Waals surface area contributed by atoms with Gasteiger partial charge in [0.1, 0.15) is 31.4 Å². The van der Waals surface area contributed by atoms with Gasteiger partial charge in [-0.05, 0) is 42.4 Å². The Kier molecular flexibility index (Phi) is 7.97. The SMILES string of the molecule is CC1=C(O)C(=O)C2(O)C(O)C1C13OC(=O)CC2(C)C1(OCOCc1ccccc1)CCC(C)C3OCOCc1ccccc1. The Morgan fingerprint density at radius 1 is 0.955 bits per heavy atom. The Balaban J connectivity index is 1.42. The lowest BCUT2D eigenvalue weighted by molar-refractivity contribution is -0.412. The van der Waals surface area contributed by atoms with Crippen molar-refractivity contribution in [1.82, 2.24) is 0 Å². The quantitative estimate of drug-likeness (QED) is 0.208. The predicted molar refractivity (Wildman–Crippen MR) is 156 cm³/mol. The topological polar surface area (TPSA) is 141 Å². The summed E-state index contributed by atoms with van der Waals surface area (Å²) in [5.74, 6) is -3.81. The molecule has 3 fully saturated rings. The van der Waals surface area contributed by atoms with E-state index in [4.69, 9.17) is 23.7 Å². The van der Waals surface area contributed by atoms with Gasteiger partial charge in [-0.2, -0.15) is 0 Å². The average Bonchev–Trinajstić information content (AvgIpc) is 3.01. The fourth-order valence-electron chi connectivity index (χ4n) is 8.48. The molecule has 2 saturated carbocycles. The van der Waals surface area contributed by atoms with Crippen LogP contribution in [0.4, 0.5) is 0 Å². The monoisotopic (exact) mass is 608 g/mol. The fourth-order valence-corrected chi connectivity index (χ4v) is 8.48. The highest BCUT2D eigenvalue weighted by atomic mass is 16.7. The van der Waals surface area contributed by atoms with Crippen LogP contribution < -0.4 is 0 Å². The molecule has 236 valence electrons. The van der Waals surface area contributed by atoms with E-state index in [9.17, 15) is 24.9 Å². The van der Waals surface area contributed by atoms with Gasteiger partial charge in [-0.3, -0.25) is 9.59 Å². The Hall–Kier alpha value is -3.12. The molecule has 4 bridgehead atoms. The second-order valence-corrected chi connectivity index (χ2v) is 12.8. The van der Waals surface area contributed by atoms with Gasteiger partial charge >= 0.3 is 5.97 Å². The van der Waals surface area contributed by atoms with E-state index >= 15 is 0 Å². The van der Waals surface area contributed by atoms with Gasteiger partial charge in [0.2, 0.25) is 5.78 Å². The summed E-state index contributed by atoms with van der Waals surface area (Å²) in [5.41, 5.74) is -5.59. The van der Waals surface area contributed by atoms with Crippen LogP contribution in [0.3, 0.4) is 0 Å². The minimum Gasteiger partial charge on any atom is -0.504 e. The third-order valence-corrected chi connectivity index (χ3v) is 10.6. The molecule has 2 aromatic carbocycles. The zero-order chi connectivity index (χ0) is 31.3. The number of aliphatic hydroxyl groups is 3. The third-order valence-electron chi connectivity index (χ3n) is 10.6. The van der Waals surface area contributed by atoms with E-state index in [-0.39, 0.29) is 44.7 Å². The first-order valence-corrected chi connectivity index (χ1v) is 15.1. The standard InChI is InChI=1S/C34H40O10/c1-21-14-15-32(43-20-41-18-24-12-8-5-9-13-24)31(3)16-25(35)44-34(32,26-22(2)27(36)29(38)33(31,39)28(26)37)30(21)42-19-40-17-23-10-6-4-7-11-23/h4-13,21,26,28,30,36-37,39H,14-20H2,1-3H3. The average molecular weight is 609 g/mol. The molecular formula is C34H40O10. The summed E-state index contributed by atoms with van der Waals surface area (Å²) in [6.45, 7) is 5.11. The molecule has 3 N–H and O–H groups in total. The zero-order valence-corrected chi connectivity index (χ0v) is 25.2. The van der Waals surface area contributed by atoms with Gasteiger partial charge in [-0.25, -0.2) is 0 Å². The Labute approximate surface area is 256 Å². The van der Waals surface area contributed by atoms with Gasteiger partial charge in [0, 0.05) is 0 Å². The minimum absolute atomic E-state index is 0.0926. The molecule has 1 saturated heterocycles. The highest BCUT2D eigenvalue weighted by Crippen LogP contribution is 2.71. The van der Waals surface area contributed by atoms with Crippen LogP contribution in [0.25, 0.3) is 0 Å². The van der Waals surface area contributed by atoms with Crippen molar-refractivity contribution >= 4 is 11.8 Å². The fraction of sp³-hybridized carbons (Fsp3) is 0.529. The van der Waals surface area contributed by atoms with E-state index in [1.165, 1.54) is 6.92 Å². The number of fused-ring (bicyclic) bond motifs is 3. The van der Waals surface area contributed by atoms with Gasteiger partial charge < -0.3 is 39.0 Å². The predicted octanol–water partition coefficient (Wildman–Crippen LogP) is 3.73. The molecule has 44 heavy (non-hydrogen) atoms. The first kappa shape index (κ1) is 30.9. The van der Waals surface area contributed by atoms with Gasteiger partial charge in [0.15, 0.2) is 17.0 Å². The number of hydrogen-bond donors (Lipinski definition) is 3. The number of esters is 1. The number of ketones is 1. The van der Waals surface area contributed by atoms with Crippen molar-refractivity contribution < 1.29 is 48.6 Å². The number of benzene rings is 2. The van der Waals surface area contributed by atoms with Crippen LogP contribution in [0.1, 0.15) is 51.2 Å². The van der Waals surface area contributed by atoms with Crippen molar-refractivity contribution in [2.24, 2.45) is 17.3 Å². The van der Waals surface area contributed by atoms with E-state index in [0.29, 0.717) is 6.42 Å². The summed E-state index contributed by atoms with van der Waals surface area (Å²) < 4.78 is 31.3. The van der Waals surface area contributed by atoms with Crippen molar-refractivity contribution in [3.05, 3.63) is 83.1 Å². The molecule has 3 aliphatic carbocycles.